The molecule has 0 unspecified atom stereocenters. The predicted octanol–water partition coefficient (Wildman–Crippen LogP) is 1.61. The summed E-state index contributed by atoms with van der Waals surface area (Å²) in [6.45, 7) is 3.10. The number of likely N-dealkylation sites (tertiary alicyclic amines) is 1. The first-order valence-corrected chi connectivity index (χ1v) is 10.6. The molecule has 0 N–H and O–H groups in total. The first-order valence-electron chi connectivity index (χ1n) is 10.6. The van der Waals surface area contributed by atoms with E-state index in [0.29, 0.717) is 40.9 Å². The number of amides is 1. The Labute approximate surface area is 182 Å². The summed E-state index contributed by atoms with van der Waals surface area (Å²) in [7, 11) is 1.56. The van der Waals surface area contributed by atoms with Crippen molar-refractivity contribution in [2.45, 2.75) is 32.7 Å². The van der Waals surface area contributed by atoms with E-state index in [9.17, 15) is 14.4 Å². The third-order valence-electron chi connectivity index (χ3n) is 5.96. The minimum Gasteiger partial charge on any atom is -0.339 e. The molecule has 0 spiro atoms. The van der Waals surface area contributed by atoms with Crippen LogP contribution in [0, 0.1) is 6.92 Å². The van der Waals surface area contributed by atoms with Crippen LogP contribution in [0.1, 0.15) is 40.9 Å². The lowest BCUT2D eigenvalue weighted by atomic mass is 10.1. The molecule has 5 rings (SSSR count). The van der Waals surface area contributed by atoms with E-state index in [-0.39, 0.29) is 23.5 Å². The molecule has 10 nitrogen and oxygen atoms in total. The number of pyridine rings is 1. The highest BCUT2D eigenvalue weighted by Gasteiger charge is 2.25. The Hall–Kier alpha value is -3.82. The van der Waals surface area contributed by atoms with Crippen molar-refractivity contribution in [2.24, 2.45) is 7.05 Å². The summed E-state index contributed by atoms with van der Waals surface area (Å²) >= 11 is 0. The van der Waals surface area contributed by atoms with Crippen LogP contribution in [0.2, 0.25) is 0 Å². The molecule has 0 aliphatic carbocycles. The van der Waals surface area contributed by atoms with E-state index in [4.69, 9.17) is 4.63 Å². The molecule has 1 aliphatic heterocycles. The van der Waals surface area contributed by atoms with Gasteiger partial charge in [-0.05, 0) is 60.3 Å². The maximum atomic E-state index is 13.5. The molecule has 32 heavy (non-hydrogen) atoms. The van der Waals surface area contributed by atoms with Gasteiger partial charge in [-0.25, -0.2) is 14.4 Å². The van der Waals surface area contributed by atoms with Gasteiger partial charge < -0.3 is 4.90 Å². The van der Waals surface area contributed by atoms with Gasteiger partial charge in [0.2, 0.25) is 0 Å². The Balaban J connectivity index is 1.69. The molecule has 3 aromatic heterocycles. The van der Waals surface area contributed by atoms with Crippen LogP contribution in [0.5, 0.6) is 0 Å². The van der Waals surface area contributed by atoms with Gasteiger partial charge in [-0.1, -0.05) is 6.07 Å². The highest BCUT2D eigenvalue weighted by atomic mass is 16.6. The third kappa shape index (κ3) is 3.28. The lowest BCUT2D eigenvalue weighted by molar-refractivity contribution is 0.0726. The lowest BCUT2D eigenvalue weighted by Crippen LogP contribution is -2.41. The molecule has 1 saturated heterocycles. The van der Waals surface area contributed by atoms with Crippen LogP contribution < -0.4 is 11.2 Å². The molecule has 4 aromatic rings. The van der Waals surface area contributed by atoms with Crippen molar-refractivity contribution < 1.29 is 9.42 Å². The van der Waals surface area contributed by atoms with Crippen LogP contribution in [0.4, 0.5) is 0 Å². The molecule has 1 amide bonds. The Morgan fingerprint density at radius 2 is 1.81 bits per heavy atom. The highest BCUT2D eigenvalue weighted by Crippen LogP contribution is 2.19. The number of fused-ring (bicyclic) bond motifs is 2. The maximum Gasteiger partial charge on any atom is 0.332 e. The van der Waals surface area contributed by atoms with E-state index in [1.165, 1.54) is 4.57 Å². The van der Waals surface area contributed by atoms with E-state index >= 15 is 0 Å². The number of nitrogens with zero attached hydrogens (tertiary/aromatic N) is 6. The smallest absolute Gasteiger partial charge is 0.332 e. The second-order valence-electron chi connectivity index (χ2n) is 8.18. The van der Waals surface area contributed by atoms with Crippen molar-refractivity contribution in [2.75, 3.05) is 13.1 Å². The summed E-state index contributed by atoms with van der Waals surface area (Å²) in [5.41, 5.74) is 1.86. The van der Waals surface area contributed by atoms with Gasteiger partial charge in [-0.3, -0.25) is 18.7 Å². The fourth-order valence-corrected chi connectivity index (χ4v) is 4.29. The van der Waals surface area contributed by atoms with Crippen LogP contribution in [-0.2, 0) is 13.6 Å². The molecule has 1 fully saturated rings. The van der Waals surface area contributed by atoms with Gasteiger partial charge in [0.15, 0.2) is 0 Å². The van der Waals surface area contributed by atoms with Crippen LogP contribution >= 0.6 is 0 Å². The van der Waals surface area contributed by atoms with Gasteiger partial charge >= 0.3 is 5.69 Å². The zero-order valence-electron chi connectivity index (χ0n) is 17.9. The van der Waals surface area contributed by atoms with Crippen LogP contribution in [0.25, 0.3) is 22.1 Å². The Bertz CT molecular complexity index is 1480. The van der Waals surface area contributed by atoms with Crippen molar-refractivity contribution in [3.05, 3.63) is 61.9 Å². The predicted molar refractivity (Wildman–Crippen MR) is 117 cm³/mol. The van der Waals surface area contributed by atoms with Gasteiger partial charge in [0.1, 0.15) is 16.7 Å². The molecule has 4 heterocycles. The number of aromatic nitrogens is 5. The number of piperidine rings is 1. The van der Waals surface area contributed by atoms with E-state index < -0.39 is 11.2 Å². The van der Waals surface area contributed by atoms with E-state index in [1.807, 2.05) is 0 Å². The van der Waals surface area contributed by atoms with Crippen molar-refractivity contribution in [1.29, 1.82) is 0 Å². The fraction of sp³-hybridized carbons (Fsp3) is 0.364. The molecule has 0 atom stereocenters. The topological polar surface area (TPSA) is 116 Å². The monoisotopic (exact) mass is 434 g/mol. The van der Waals surface area contributed by atoms with Gasteiger partial charge in [0.05, 0.1) is 17.5 Å². The average Bonchev–Trinajstić information content (AvgIpc) is 3.28. The Morgan fingerprint density at radius 1 is 1.06 bits per heavy atom. The van der Waals surface area contributed by atoms with Crippen LogP contribution in [-0.4, -0.2) is 48.3 Å². The summed E-state index contributed by atoms with van der Waals surface area (Å²) in [6.07, 6.45) is 2.97. The molecule has 164 valence electrons. The van der Waals surface area contributed by atoms with Crippen molar-refractivity contribution in [1.82, 2.24) is 29.3 Å². The lowest BCUT2D eigenvalue weighted by Gasteiger charge is -2.27. The van der Waals surface area contributed by atoms with E-state index in [0.717, 1.165) is 23.8 Å². The molecule has 1 aromatic carbocycles. The van der Waals surface area contributed by atoms with Gasteiger partial charge in [-0.15, -0.1) is 0 Å². The molecular weight excluding hydrogens is 412 g/mol. The maximum absolute atomic E-state index is 13.5. The first kappa shape index (κ1) is 20.1. The summed E-state index contributed by atoms with van der Waals surface area (Å²) in [6, 6.07) is 6.83. The number of hydrogen-bond donors (Lipinski definition) is 0. The summed E-state index contributed by atoms with van der Waals surface area (Å²) < 4.78 is 7.17. The largest absolute Gasteiger partial charge is 0.339 e. The first-order chi connectivity index (χ1) is 15.4. The molecule has 10 heteroatoms. The van der Waals surface area contributed by atoms with E-state index in [2.05, 4.69) is 15.3 Å². The van der Waals surface area contributed by atoms with Crippen molar-refractivity contribution >= 4 is 28.0 Å². The van der Waals surface area contributed by atoms with Gasteiger partial charge in [0.25, 0.3) is 11.5 Å². The number of carbonyl (C=O) groups is 1. The molecule has 1 aliphatic rings. The number of carbonyl (C=O) groups excluding carboxylic acids is 1. The minimum absolute atomic E-state index is 0.0233. The van der Waals surface area contributed by atoms with Crippen LogP contribution in [0.15, 0.2) is 38.5 Å². The Morgan fingerprint density at radius 3 is 2.59 bits per heavy atom. The molecular formula is C22H22N6O4. The van der Waals surface area contributed by atoms with Gasteiger partial charge in [0, 0.05) is 25.8 Å². The summed E-state index contributed by atoms with van der Waals surface area (Å²) in [5.74, 6) is -0.197. The Kier molecular flexibility index (Phi) is 4.84. The quantitative estimate of drug-likeness (QED) is 0.481. The number of hydrogen-bond acceptors (Lipinski definition) is 7. The van der Waals surface area contributed by atoms with Crippen molar-refractivity contribution in [3.8, 4) is 0 Å². The zero-order valence-corrected chi connectivity index (χ0v) is 17.9. The molecule has 0 bridgehead atoms. The molecule has 0 saturated carbocycles. The average molecular weight is 434 g/mol. The standard InChI is InChI=1S/C22H22N6O4/c1-13-10-15(20(29)27-8-4-3-5-9-27)18-19(23-13)26(2)22(31)28(21(18)30)12-14-6-7-16-17(11-14)25-32-24-16/h6-7,10-11H,3-5,8-9,12H2,1-2H3. The zero-order chi connectivity index (χ0) is 22.4. The fourth-order valence-electron chi connectivity index (χ4n) is 4.29. The highest BCUT2D eigenvalue weighted by molar-refractivity contribution is 6.05. The number of benzene rings is 1. The van der Waals surface area contributed by atoms with Gasteiger partial charge in [-0.2, -0.15) is 0 Å². The number of aryl methyl sites for hydroxylation is 2. The minimum atomic E-state index is -0.533. The van der Waals surface area contributed by atoms with E-state index in [1.54, 1.807) is 43.1 Å². The van der Waals surface area contributed by atoms with Crippen molar-refractivity contribution in [3.63, 3.8) is 0 Å². The normalized spacial score (nSPS) is 14.4. The second kappa shape index (κ2) is 7.70. The van der Waals surface area contributed by atoms with Crippen LogP contribution in [0.3, 0.4) is 0 Å². The second-order valence-corrected chi connectivity index (χ2v) is 8.18. The SMILES string of the molecule is Cc1cc(C(=O)N2CCCCC2)c2c(=O)n(Cc3ccc4nonc4c3)c(=O)n(C)c2n1. The third-order valence-corrected chi connectivity index (χ3v) is 5.96. The molecule has 0 radical (unpaired) electrons. The number of rotatable bonds is 3. The summed E-state index contributed by atoms with van der Waals surface area (Å²) in [5, 5.41) is 7.75. The summed E-state index contributed by atoms with van der Waals surface area (Å²) in [4.78, 5) is 46.1.